The number of methoxy groups -OCH3 is 2. The van der Waals surface area contributed by atoms with E-state index in [4.69, 9.17) is 9.47 Å². The molecule has 0 fully saturated rings. The summed E-state index contributed by atoms with van der Waals surface area (Å²) in [6.45, 7) is 13.5. The van der Waals surface area contributed by atoms with Crippen LogP contribution in [-0.2, 0) is 0 Å². The van der Waals surface area contributed by atoms with Gasteiger partial charge in [0.25, 0.3) is 0 Å². The highest BCUT2D eigenvalue weighted by molar-refractivity contribution is 6.08. The van der Waals surface area contributed by atoms with Crippen molar-refractivity contribution in [3.8, 4) is 11.5 Å². The maximum Gasteiger partial charge on any atom is 0.142 e. The van der Waals surface area contributed by atoms with E-state index in [0.29, 0.717) is 0 Å². The maximum atomic E-state index is 6.18. The number of benzene rings is 2. The number of fused-ring (bicyclic) bond motifs is 1. The van der Waals surface area contributed by atoms with Gasteiger partial charge in [0.2, 0.25) is 0 Å². The molecule has 0 atom stereocenters. The Hall–Kier alpha value is -2.10. The molecule has 0 bridgehead atoms. The van der Waals surface area contributed by atoms with Crippen LogP contribution in [0.4, 0.5) is 11.4 Å². The van der Waals surface area contributed by atoms with Crippen LogP contribution in [0.15, 0.2) is 24.3 Å². The number of rotatable bonds is 28. The minimum absolute atomic E-state index is 1.000. The van der Waals surface area contributed by atoms with Crippen LogP contribution in [0, 0.1) is 0 Å². The smallest absolute Gasteiger partial charge is 0.142 e. The van der Waals surface area contributed by atoms with Crippen molar-refractivity contribution < 1.29 is 9.47 Å². The summed E-state index contributed by atoms with van der Waals surface area (Å²) in [6, 6.07) is 8.94. The quantitative estimate of drug-likeness (QED) is 0.0895. The largest absolute Gasteiger partial charge is 0.495 e. The molecule has 0 N–H and O–H groups in total. The van der Waals surface area contributed by atoms with E-state index in [-0.39, 0.29) is 0 Å². The van der Waals surface area contributed by atoms with E-state index >= 15 is 0 Å². The van der Waals surface area contributed by atoms with Gasteiger partial charge in [-0.15, -0.1) is 0 Å². The molecule has 0 radical (unpaired) electrons. The zero-order chi connectivity index (χ0) is 31.8. The molecule has 4 heteroatoms. The van der Waals surface area contributed by atoms with Crippen molar-refractivity contribution in [2.75, 3.05) is 50.2 Å². The molecule has 0 spiro atoms. The second-order valence-corrected chi connectivity index (χ2v) is 13.0. The Morgan fingerprint density at radius 1 is 0.409 bits per heavy atom. The van der Waals surface area contributed by atoms with Crippen LogP contribution in [0.2, 0.25) is 0 Å². The van der Waals surface area contributed by atoms with E-state index < -0.39 is 0 Å². The average molecular weight is 611 g/mol. The molecule has 2 rings (SSSR count). The summed E-state index contributed by atoms with van der Waals surface area (Å²) in [5.74, 6) is 2.00. The first-order chi connectivity index (χ1) is 21.7. The summed E-state index contributed by atoms with van der Waals surface area (Å²) in [7, 11) is 3.70. The molecule has 0 saturated heterocycles. The van der Waals surface area contributed by atoms with Crippen molar-refractivity contribution in [1.82, 2.24) is 0 Å². The van der Waals surface area contributed by atoms with Crippen LogP contribution in [-0.4, -0.2) is 40.4 Å². The van der Waals surface area contributed by atoms with Crippen LogP contribution >= 0.6 is 0 Å². The highest BCUT2D eigenvalue weighted by Gasteiger charge is 2.24. The molecule has 44 heavy (non-hydrogen) atoms. The fraction of sp³-hybridized carbons (Fsp3) is 0.750. The first-order valence-electron chi connectivity index (χ1n) is 18.8. The number of ether oxygens (including phenoxy) is 2. The van der Waals surface area contributed by atoms with E-state index in [0.717, 1.165) is 37.7 Å². The monoisotopic (exact) mass is 611 g/mol. The van der Waals surface area contributed by atoms with Gasteiger partial charge in [-0.1, -0.05) is 143 Å². The summed E-state index contributed by atoms with van der Waals surface area (Å²) < 4.78 is 12.4. The summed E-state index contributed by atoms with van der Waals surface area (Å²) in [6.07, 6.45) is 25.9. The van der Waals surface area contributed by atoms with Gasteiger partial charge in [-0.25, -0.2) is 0 Å². The molecule has 2 aromatic rings. The van der Waals surface area contributed by atoms with Crippen molar-refractivity contribution in [2.24, 2.45) is 0 Å². The van der Waals surface area contributed by atoms with Gasteiger partial charge in [0, 0.05) is 31.6 Å². The van der Waals surface area contributed by atoms with Gasteiger partial charge in [-0.2, -0.15) is 0 Å². The molecule has 0 amide bonds. The van der Waals surface area contributed by atoms with Crippen molar-refractivity contribution in [2.45, 2.75) is 156 Å². The van der Waals surface area contributed by atoms with Gasteiger partial charge in [0.05, 0.1) is 25.6 Å². The molecule has 0 aliphatic heterocycles. The second-order valence-electron chi connectivity index (χ2n) is 13.0. The molecule has 0 heterocycles. The van der Waals surface area contributed by atoms with Gasteiger partial charge >= 0.3 is 0 Å². The lowest BCUT2D eigenvalue weighted by atomic mass is 10.0. The Morgan fingerprint density at radius 3 is 0.977 bits per heavy atom. The van der Waals surface area contributed by atoms with Crippen molar-refractivity contribution >= 4 is 22.1 Å². The molecular formula is C40H70N2O2. The van der Waals surface area contributed by atoms with Gasteiger partial charge in [-0.3, -0.25) is 0 Å². The van der Waals surface area contributed by atoms with Gasteiger partial charge in [-0.05, 0) is 43.2 Å². The number of unbranched alkanes of at least 4 members (excludes halogenated alkanes) is 16. The standard InChI is InChI=1S/C40H70N2O2/c1-7-11-15-19-23-31-41(32-24-20-16-12-8-2)39-36(43-5)29-27-35-28-30-37(44-6)40(38(35)39)42(33-25-21-17-13-9-3)34-26-22-18-14-10-4/h27-30H,7-26,31-34H2,1-6H3. The minimum Gasteiger partial charge on any atom is -0.495 e. The maximum absolute atomic E-state index is 6.18. The SMILES string of the molecule is CCCCCCCN(CCCCCCC)c1c(OC)ccc2ccc(OC)c(N(CCCCCCC)CCCCCCC)c12. The van der Waals surface area contributed by atoms with Gasteiger partial charge in [0.15, 0.2) is 0 Å². The van der Waals surface area contributed by atoms with Crippen LogP contribution < -0.4 is 19.3 Å². The summed E-state index contributed by atoms with van der Waals surface area (Å²) in [5, 5.41) is 2.62. The van der Waals surface area contributed by atoms with E-state index in [2.05, 4.69) is 61.8 Å². The predicted octanol–water partition coefficient (Wildman–Crippen LogP) is 12.4. The van der Waals surface area contributed by atoms with E-state index in [1.54, 1.807) is 0 Å². The second kappa shape index (κ2) is 24.2. The summed E-state index contributed by atoms with van der Waals surface area (Å²) >= 11 is 0. The van der Waals surface area contributed by atoms with Crippen molar-refractivity contribution in [1.29, 1.82) is 0 Å². The predicted molar refractivity (Wildman–Crippen MR) is 197 cm³/mol. The Labute approximate surface area is 273 Å². The first-order valence-corrected chi connectivity index (χ1v) is 18.8. The lowest BCUT2D eigenvalue weighted by Gasteiger charge is -2.33. The van der Waals surface area contributed by atoms with Crippen LogP contribution in [0.5, 0.6) is 11.5 Å². The number of anilines is 2. The molecule has 0 saturated carbocycles. The fourth-order valence-electron chi connectivity index (χ4n) is 6.60. The Morgan fingerprint density at radius 2 is 0.705 bits per heavy atom. The molecular weight excluding hydrogens is 540 g/mol. The van der Waals surface area contributed by atoms with E-state index in [9.17, 15) is 0 Å². The summed E-state index contributed by atoms with van der Waals surface area (Å²) in [5.41, 5.74) is 2.57. The van der Waals surface area contributed by atoms with Crippen LogP contribution in [0.25, 0.3) is 10.8 Å². The third-order valence-corrected chi connectivity index (χ3v) is 9.26. The molecule has 252 valence electrons. The number of nitrogens with zero attached hydrogens (tertiary/aromatic N) is 2. The molecule has 4 nitrogen and oxygen atoms in total. The average Bonchev–Trinajstić information content (AvgIpc) is 3.05. The van der Waals surface area contributed by atoms with Gasteiger partial charge in [0.1, 0.15) is 11.5 Å². The highest BCUT2D eigenvalue weighted by Crippen LogP contribution is 2.46. The van der Waals surface area contributed by atoms with Crippen molar-refractivity contribution in [3.63, 3.8) is 0 Å². The fourth-order valence-corrected chi connectivity index (χ4v) is 6.60. The zero-order valence-electron chi connectivity index (χ0n) is 30.0. The van der Waals surface area contributed by atoms with Crippen LogP contribution in [0.1, 0.15) is 156 Å². The minimum atomic E-state index is 1.000. The van der Waals surface area contributed by atoms with E-state index in [1.807, 2.05) is 14.2 Å². The van der Waals surface area contributed by atoms with E-state index in [1.165, 1.54) is 151 Å². The topological polar surface area (TPSA) is 24.9 Å². The molecule has 0 aliphatic rings. The Bertz CT molecular complexity index is 888. The van der Waals surface area contributed by atoms with Gasteiger partial charge < -0.3 is 19.3 Å². The summed E-state index contributed by atoms with van der Waals surface area (Å²) in [4.78, 5) is 5.37. The third kappa shape index (κ3) is 13.1. The molecule has 2 aromatic carbocycles. The normalized spacial score (nSPS) is 11.3. The first kappa shape index (κ1) is 38.1. The lowest BCUT2D eigenvalue weighted by molar-refractivity contribution is 0.412. The third-order valence-electron chi connectivity index (χ3n) is 9.26. The Balaban J connectivity index is 2.58. The van der Waals surface area contributed by atoms with Crippen LogP contribution in [0.3, 0.4) is 0 Å². The number of hydrogen-bond acceptors (Lipinski definition) is 4. The van der Waals surface area contributed by atoms with Crippen molar-refractivity contribution in [3.05, 3.63) is 24.3 Å². The lowest BCUT2D eigenvalue weighted by Crippen LogP contribution is -2.29. The molecule has 0 unspecified atom stereocenters. The zero-order valence-corrected chi connectivity index (χ0v) is 30.0. The molecule has 0 aromatic heterocycles. The Kier molecular flexibility index (Phi) is 20.9. The number of hydrogen-bond donors (Lipinski definition) is 0. The highest BCUT2D eigenvalue weighted by atomic mass is 16.5. The molecule has 0 aliphatic carbocycles.